The molecule has 1 atom stereocenters. The van der Waals surface area contributed by atoms with Crippen molar-refractivity contribution in [1.29, 1.82) is 0 Å². The number of rotatable bonds is 12. The zero-order valence-corrected chi connectivity index (χ0v) is 17.5. The van der Waals surface area contributed by atoms with Gasteiger partial charge in [0.1, 0.15) is 5.75 Å². The first-order valence-corrected chi connectivity index (χ1v) is 10.5. The van der Waals surface area contributed by atoms with E-state index < -0.39 is 0 Å². The number of anilines is 1. The van der Waals surface area contributed by atoms with Crippen LogP contribution in [0.4, 0.5) is 5.82 Å². The van der Waals surface area contributed by atoms with Crippen molar-refractivity contribution in [3.63, 3.8) is 0 Å². The lowest BCUT2D eigenvalue weighted by atomic mass is 10.1. The van der Waals surface area contributed by atoms with Crippen LogP contribution in [0.3, 0.4) is 0 Å². The molecule has 0 saturated heterocycles. The third-order valence-electron chi connectivity index (χ3n) is 5.48. The maximum absolute atomic E-state index is 10.0. The van der Waals surface area contributed by atoms with Crippen molar-refractivity contribution < 1.29 is 5.11 Å². The highest BCUT2D eigenvalue weighted by molar-refractivity contribution is 5.92. The first kappa shape index (κ1) is 21.5. The fourth-order valence-electron chi connectivity index (χ4n) is 3.87. The Bertz CT molecular complexity index is 695. The Morgan fingerprint density at radius 2 is 1.89 bits per heavy atom. The number of hydrogen-bond acceptors (Lipinski definition) is 5. The number of aromatic nitrogens is 2. The standard InChI is InChI=1S/C21H37N5O/c1-5-17(12-13-22)25(8-4)21-19-16-18(27)10-11-20(19)26(23-21)15-9-14-24(6-2)7-3/h10-11,16-17,27H,5-9,12-15,22H2,1-4H3. The molecular formula is C21H37N5O. The molecule has 1 aromatic carbocycles. The van der Waals surface area contributed by atoms with Gasteiger partial charge in [0.2, 0.25) is 0 Å². The predicted molar refractivity (Wildman–Crippen MR) is 115 cm³/mol. The fraction of sp³-hybridized carbons (Fsp3) is 0.667. The van der Waals surface area contributed by atoms with Gasteiger partial charge in [-0.2, -0.15) is 5.10 Å². The first-order chi connectivity index (χ1) is 13.1. The first-order valence-electron chi connectivity index (χ1n) is 10.5. The Balaban J connectivity index is 2.34. The maximum atomic E-state index is 10.0. The van der Waals surface area contributed by atoms with E-state index in [1.165, 1.54) is 0 Å². The van der Waals surface area contributed by atoms with Gasteiger partial charge >= 0.3 is 0 Å². The van der Waals surface area contributed by atoms with Crippen LogP contribution >= 0.6 is 0 Å². The van der Waals surface area contributed by atoms with Crippen molar-refractivity contribution >= 4 is 16.7 Å². The number of nitrogens with two attached hydrogens (primary N) is 1. The molecule has 1 heterocycles. The third kappa shape index (κ3) is 5.14. The quantitative estimate of drug-likeness (QED) is 0.595. The zero-order valence-electron chi connectivity index (χ0n) is 17.5. The van der Waals surface area contributed by atoms with E-state index in [9.17, 15) is 5.11 Å². The second-order valence-corrected chi connectivity index (χ2v) is 7.05. The molecule has 27 heavy (non-hydrogen) atoms. The van der Waals surface area contributed by atoms with E-state index in [1.807, 2.05) is 12.1 Å². The highest BCUT2D eigenvalue weighted by Gasteiger charge is 2.22. The SMILES string of the molecule is CCC(CCN)N(CC)c1nn(CCCN(CC)CC)c2ccc(O)cc12. The zero-order chi connectivity index (χ0) is 19.8. The van der Waals surface area contributed by atoms with Crippen molar-refractivity contribution in [2.45, 2.75) is 59.5 Å². The van der Waals surface area contributed by atoms with Gasteiger partial charge in [-0.05, 0) is 70.6 Å². The third-order valence-corrected chi connectivity index (χ3v) is 5.48. The Labute approximate surface area is 163 Å². The van der Waals surface area contributed by atoms with Crippen LogP contribution in [0.15, 0.2) is 18.2 Å². The number of hydrogen-bond donors (Lipinski definition) is 2. The topological polar surface area (TPSA) is 70.5 Å². The summed E-state index contributed by atoms with van der Waals surface area (Å²) in [5.74, 6) is 1.25. The van der Waals surface area contributed by atoms with Crippen molar-refractivity contribution in [2.24, 2.45) is 5.73 Å². The van der Waals surface area contributed by atoms with Gasteiger partial charge in [0.15, 0.2) is 5.82 Å². The van der Waals surface area contributed by atoms with Crippen LogP contribution in [-0.2, 0) is 6.54 Å². The summed E-state index contributed by atoms with van der Waals surface area (Å²) in [5.41, 5.74) is 6.93. The molecule has 0 aliphatic carbocycles. The van der Waals surface area contributed by atoms with Crippen LogP contribution in [0.2, 0.25) is 0 Å². The van der Waals surface area contributed by atoms with Crippen LogP contribution < -0.4 is 10.6 Å². The lowest BCUT2D eigenvalue weighted by molar-refractivity contribution is 0.292. The highest BCUT2D eigenvalue weighted by Crippen LogP contribution is 2.31. The predicted octanol–water partition coefficient (Wildman–Crippen LogP) is 3.43. The van der Waals surface area contributed by atoms with Gasteiger partial charge in [-0.3, -0.25) is 4.68 Å². The molecule has 2 aromatic rings. The molecular weight excluding hydrogens is 338 g/mol. The molecule has 0 spiro atoms. The van der Waals surface area contributed by atoms with E-state index in [4.69, 9.17) is 10.8 Å². The van der Waals surface area contributed by atoms with E-state index in [-0.39, 0.29) is 5.75 Å². The summed E-state index contributed by atoms with van der Waals surface area (Å²) >= 11 is 0. The van der Waals surface area contributed by atoms with Crippen molar-refractivity contribution in [2.75, 3.05) is 37.6 Å². The second kappa shape index (κ2) is 10.5. The number of aromatic hydroxyl groups is 1. The smallest absolute Gasteiger partial charge is 0.158 e. The molecule has 152 valence electrons. The largest absolute Gasteiger partial charge is 0.508 e. The second-order valence-electron chi connectivity index (χ2n) is 7.05. The van der Waals surface area contributed by atoms with Crippen LogP contribution in [0, 0.1) is 0 Å². The van der Waals surface area contributed by atoms with Gasteiger partial charge in [0.05, 0.1) is 5.52 Å². The number of phenolic OH excluding ortho intramolecular Hbond substituents is 1. The highest BCUT2D eigenvalue weighted by atomic mass is 16.3. The molecule has 0 bridgehead atoms. The van der Waals surface area contributed by atoms with Gasteiger partial charge in [-0.1, -0.05) is 20.8 Å². The van der Waals surface area contributed by atoms with Crippen molar-refractivity contribution in [1.82, 2.24) is 14.7 Å². The fourth-order valence-corrected chi connectivity index (χ4v) is 3.87. The summed E-state index contributed by atoms with van der Waals surface area (Å²) in [4.78, 5) is 4.78. The summed E-state index contributed by atoms with van der Waals surface area (Å²) in [5, 5.41) is 16.0. The Kier molecular flexibility index (Phi) is 8.38. The monoisotopic (exact) mass is 375 g/mol. The molecule has 2 rings (SSSR count). The Morgan fingerprint density at radius 1 is 1.15 bits per heavy atom. The lowest BCUT2D eigenvalue weighted by Crippen LogP contribution is -2.36. The lowest BCUT2D eigenvalue weighted by Gasteiger charge is -2.30. The molecule has 1 unspecified atom stereocenters. The maximum Gasteiger partial charge on any atom is 0.158 e. The van der Waals surface area contributed by atoms with Crippen LogP contribution in [-0.4, -0.2) is 58.6 Å². The molecule has 0 fully saturated rings. The summed E-state index contributed by atoms with van der Waals surface area (Å²) < 4.78 is 2.10. The van der Waals surface area contributed by atoms with E-state index in [2.05, 4.69) is 42.2 Å². The normalized spacial score (nSPS) is 12.8. The molecule has 0 aliphatic heterocycles. The number of nitrogens with zero attached hydrogens (tertiary/aromatic N) is 4. The summed E-state index contributed by atoms with van der Waals surface area (Å²) in [7, 11) is 0. The van der Waals surface area contributed by atoms with Crippen molar-refractivity contribution in [3.8, 4) is 5.75 Å². The van der Waals surface area contributed by atoms with Crippen LogP contribution in [0.25, 0.3) is 10.9 Å². The minimum atomic E-state index is 0.286. The van der Waals surface area contributed by atoms with Crippen LogP contribution in [0.5, 0.6) is 5.75 Å². The molecule has 1 aromatic heterocycles. The van der Waals surface area contributed by atoms with E-state index in [0.29, 0.717) is 12.6 Å². The number of fused-ring (bicyclic) bond motifs is 1. The van der Waals surface area contributed by atoms with Gasteiger partial charge in [-0.15, -0.1) is 0 Å². The van der Waals surface area contributed by atoms with Gasteiger partial charge in [0.25, 0.3) is 0 Å². The minimum absolute atomic E-state index is 0.286. The van der Waals surface area contributed by atoms with Gasteiger partial charge < -0.3 is 20.6 Å². The van der Waals surface area contributed by atoms with E-state index in [1.54, 1.807) is 6.07 Å². The summed E-state index contributed by atoms with van der Waals surface area (Å²) in [6, 6.07) is 5.94. The van der Waals surface area contributed by atoms with Crippen molar-refractivity contribution in [3.05, 3.63) is 18.2 Å². The molecule has 0 radical (unpaired) electrons. The van der Waals surface area contributed by atoms with Crippen LogP contribution in [0.1, 0.15) is 47.0 Å². The van der Waals surface area contributed by atoms with E-state index >= 15 is 0 Å². The van der Waals surface area contributed by atoms with E-state index in [0.717, 1.165) is 68.7 Å². The Hall–Kier alpha value is -1.79. The average Bonchev–Trinajstić information content (AvgIpc) is 3.02. The van der Waals surface area contributed by atoms with Gasteiger partial charge in [-0.25, -0.2) is 0 Å². The molecule has 0 saturated carbocycles. The summed E-state index contributed by atoms with van der Waals surface area (Å²) in [6.07, 6.45) is 3.03. The molecule has 0 aliphatic rings. The Morgan fingerprint density at radius 3 is 2.48 bits per heavy atom. The number of benzene rings is 1. The number of phenols is 1. The average molecular weight is 376 g/mol. The molecule has 6 heteroatoms. The molecule has 6 nitrogen and oxygen atoms in total. The molecule has 0 amide bonds. The minimum Gasteiger partial charge on any atom is -0.508 e. The summed E-state index contributed by atoms with van der Waals surface area (Å²) in [6.45, 7) is 14.4. The van der Waals surface area contributed by atoms with Gasteiger partial charge in [0, 0.05) is 24.5 Å². The molecule has 3 N–H and O–H groups in total. The number of aryl methyl sites for hydroxylation is 1.